The number of halogens is 2. The van der Waals surface area contributed by atoms with Gasteiger partial charge in [-0.2, -0.15) is 0 Å². The van der Waals surface area contributed by atoms with E-state index in [4.69, 9.17) is 4.74 Å². The Kier molecular flexibility index (Phi) is 4.94. The first-order chi connectivity index (χ1) is 7.87. The molecule has 0 atom stereocenters. The number of alkyl halides is 1. The number of ether oxygens (including phenoxy) is 1. The van der Waals surface area contributed by atoms with Crippen LogP contribution in [-0.2, 0) is 0 Å². The van der Waals surface area contributed by atoms with Crippen LogP contribution in [0.15, 0.2) is 22.7 Å². The lowest BCUT2D eigenvalue weighted by atomic mass is 9.98. The molecule has 0 aromatic heterocycles. The Morgan fingerprint density at radius 1 is 1.47 bits per heavy atom. The van der Waals surface area contributed by atoms with E-state index in [1.807, 2.05) is 13.8 Å². The van der Waals surface area contributed by atoms with E-state index in [0.717, 1.165) is 5.33 Å². The van der Waals surface area contributed by atoms with Crippen molar-refractivity contribution in [1.29, 1.82) is 0 Å². The summed E-state index contributed by atoms with van der Waals surface area (Å²) >= 11 is 6.59. The number of rotatable bonds is 5. The summed E-state index contributed by atoms with van der Waals surface area (Å²) in [6.07, 6.45) is 0. The van der Waals surface area contributed by atoms with Crippen molar-refractivity contribution in [3.8, 4) is 5.75 Å². The largest absolute Gasteiger partial charge is 0.492 e. The van der Waals surface area contributed by atoms with Crippen molar-refractivity contribution in [2.75, 3.05) is 11.9 Å². The van der Waals surface area contributed by atoms with Crippen molar-refractivity contribution >= 4 is 37.5 Å². The summed E-state index contributed by atoms with van der Waals surface area (Å²) in [5.41, 5.74) is -0.0106. The Hall–Kier alpha value is -0.620. The summed E-state index contributed by atoms with van der Waals surface area (Å²) in [5, 5.41) is 11.5. The van der Waals surface area contributed by atoms with Crippen LogP contribution in [0.4, 0.5) is 5.69 Å². The minimum atomic E-state index is -0.438. The van der Waals surface area contributed by atoms with Crippen molar-refractivity contribution in [1.82, 2.24) is 0 Å². The zero-order valence-corrected chi connectivity index (χ0v) is 12.7. The van der Waals surface area contributed by atoms with Crippen molar-refractivity contribution in [3.63, 3.8) is 0 Å². The lowest BCUT2D eigenvalue weighted by Crippen LogP contribution is -2.22. The van der Waals surface area contributed by atoms with E-state index < -0.39 is 4.92 Å². The lowest BCUT2D eigenvalue weighted by molar-refractivity contribution is -0.385. The summed E-state index contributed by atoms with van der Waals surface area (Å²) in [7, 11) is 0. The molecule has 1 aromatic rings. The molecule has 0 heterocycles. The fraction of sp³-hybridized carbons (Fsp3) is 0.455. The van der Waals surface area contributed by atoms with Crippen LogP contribution in [0.2, 0.25) is 0 Å². The van der Waals surface area contributed by atoms with Gasteiger partial charge in [-0.05, 0) is 22.0 Å². The summed E-state index contributed by atoms with van der Waals surface area (Å²) < 4.78 is 5.99. The Balaban J connectivity index is 2.86. The van der Waals surface area contributed by atoms with Gasteiger partial charge in [-0.15, -0.1) is 0 Å². The Labute approximate surface area is 117 Å². The van der Waals surface area contributed by atoms with Gasteiger partial charge in [0.05, 0.1) is 11.5 Å². The first-order valence-corrected chi connectivity index (χ1v) is 6.90. The molecule has 0 fully saturated rings. The summed E-state index contributed by atoms with van der Waals surface area (Å²) in [6, 6.07) is 4.76. The molecule has 0 N–H and O–H groups in total. The molecule has 6 heteroatoms. The highest BCUT2D eigenvalue weighted by molar-refractivity contribution is 9.10. The summed E-state index contributed by atoms with van der Waals surface area (Å²) in [5.74, 6) is 0.494. The molecular weight excluding hydrogens is 354 g/mol. The Morgan fingerprint density at radius 3 is 2.65 bits per heavy atom. The monoisotopic (exact) mass is 365 g/mol. The van der Waals surface area contributed by atoms with Gasteiger partial charge in [0.25, 0.3) is 5.69 Å². The fourth-order valence-corrected chi connectivity index (χ4v) is 1.75. The molecule has 0 aliphatic heterocycles. The van der Waals surface area contributed by atoms with Crippen LogP contribution in [0.1, 0.15) is 13.8 Å². The third-order valence-electron chi connectivity index (χ3n) is 2.12. The molecule has 1 rings (SSSR count). The van der Waals surface area contributed by atoms with Crippen LogP contribution in [-0.4, -0.2) is 16.9 Å². The van der Waals surface area contributed by atoms with Crippen LogP contribution < -0.4 is 4.74 Å². The molecule has 0 saturated heterocycles. The summed E-state index contributed by atoms with van der Waals surface area (Å²) in [4.78, 5) is 10.3. The third kappa shape index (κ3) is 3.96. The molecular formula is C11H13Br2NO3. The molecule has 0 unspecified atom stereocenters. The van der Waals surface area contributed by atoms with E-state index in [1.165, 1.54) is 6.07 Å². The molecule has 0 radical (unpaired) electrons. The number of benzene rings is 1. The standard InChI is InChI=1S/C11H13Br2NO3/c1-11(2,6-12)7-17-9-5-3-4-8(10(9)13)14(15)16/h3-5H,6-7H2,1-2H3. The van der Waals surface area contributed by atoms with Gasteiger partial charge >= 0.3 is 0 Å². The number of hydrogen-bond donors (Lipinski definition) is 0. The van der Waals surface area contributed by atoms with Gasteiger partial charge in [0.2, 0.25) is 0 Å². The second-order valence-corrected chi connectivity index (χ2v) is 5.79. The highest BCUT2D eigenvalue weighted by atomic mass is 79.9. The van der Waals surface area contributed by atoms with Crippen molar-refractivity contribution < 1.29 is 9.66 Å². The van der Waals surface area contributed by atoms with E-state index in [1.54, 1.807) is 12.1 Å². The molecule has 17 heavy (non-hydrogen) atoms. The average Bonchev–Trinajstić information content (AvgIpc) is 2.27. The predicted molar refractivity (Wildman–Crippen MR) is 73.9 cm³/mol. The van der Waals surface area contributed by atoms with E-state index in [2.05, 4.69) is 31.9 Å². The minimum Gasteiger partial charge on any atom is -0.492 e. The number of hydrogen-bond acceptors (Lipinski definition) is 3. The Morgan fingerprint density at radius 2 is 2.12 bits per heavy atom. The first-order valence-electron chi connectivity index (χ1n) is 4.99. The molecule has 0 spiro atoms. The first kappa shape index (κ1) is 14.4. The van der Waals surface area contributed by atoms with Gasteiger partial charge in [0.1, 0.15) is 10.2 Å². The van der Waals surface area contributed by atoms with Crippen molar-refractivity contribution in [2.24, 2.45) is 5.41 Å². The topological polar surface area (TPSA) is 52.4 Å². The van der Waals surface area contributed by atoms with Crippen LogP contribution in [0, 0.1) is 15.5 Å². The number of nitro benzene ring substituents is 1. The maximum atomic E-state index is 10.7. The van der Waals surface area contributed by atoms with Crippen molar-refractivity contribution in [3.05, 3.63) is 32.8 Å². The van der Waals surface area contributed by atoms with Crippen molar-refractivity contribution in [2.45, 2.75) is 13.8 Å². The van der Waals surface area contributed by atoms with Gasteiger partial charge in [0.15, 0.2) is 0 Å². The summed E-state index contributed by atoms with van der Waals surface area (Å²) in [6.45, 7) is 4.58. The van der Waals surface area contributed by atoms with E-state index >= 15 is 0 Å². The van der Waals surface area contributed by atoms with Crippen LogP contribution >= 0.6 is 31.9 Å². The lowest BCUT2D eigenvalue weighted by Gasteiger charge is -2.22. The zero-order chi connectivity index (χ0) is 13.1. The molecule has 94 valence electrons. The zero-order valence-electron chi connectivity index (χ0n) is 9.57. The third-order valence-corrected chi connectivity index (χ3v) is 4.43. The maximum absolute atomic E-state index is 10.7. The average molecular weight is 367 g/mol. The van der Waals surface area contributed by atoms with Gasteiger partial charge in [-0.3, -0.25) is 10.1 Å². The number of nitrogens with zero attached hydrogens (tertiary/aromatic N) is 1. The molecule has 0 amide bonds. The van der Waals surface area contributed by atoms with E-state index in [0.29, 0.717) is 16.8 Å². The van der Waals surface area contributed by atoms with Gasteiger partial charge in [-0.25, -0.2) is 0 Å². The SMILES string of the molecule is CC(C)(CBr)COc1cccc([N+](=O)[O-])c1Br. The van der Waals surface area contributed by atoms with Crippen LogP contribution in [0.3, 0.4) is 0 Å². The molecule has 1 aromatic carbocycles. The van der Waals surface area contributed by atoms with Gasteiger partial charge in [-0.1, -0.05) is 35.8 Å². The highest BCUT2D eigenvalue weighted by Gasteiger charge is 2.20. The second-order valence-electron chi connectivity index (χ2n) is 4.43. The van der Waals surface area contributed by atoms with E-state index in [-0.39, 0.29) is 11.1 Å². The second kappa shape index (κ2) is 5.82. The molecule has 0 bridgehead atoms. The van der Waals surface area contributed by atoms with Crippen LogP contribution in [0.5, 0.6) is 5.75 Å². The fourth-order valence-electron chi connectivity index (χ4n) is 1.06. The van der Waals surface area contributed by atoms with Crippen LogP contribution in [0.25, 0.3) is 0 Å². The maximum Gasteiger partial charge on any atom is 0.287 e. The molecule has 0 saturated carbocycles. The van der Waals surface area contributed by atoms with Gasteiger partial charge in [0, 0.05) is 16.8 Å². The Bertz CT molecular complexity index is 421. The normalized spacial score (nSPS) is 11.3. The molecule has 0 aliphatic rings. The van der Waals surface area contributed by atoms with Gasteiger partial charge < -0.3 is 4.74 Å². The molecule has 0 aliphatic carbocycles. The minimum absolute atomic E-state index is 0.0131. The smallest absolute Gasteiger partial charge is 0.287 e. The number of nitro groups is 1. The predicted octanol–water partition coefficient (Wildman–Crippen LogP) is 4.16. The molecule has 4 nitrogen and oxygen atoms in total. The highest BCUT2D eigenvalue weighted by Crippen LogP contribution is 2.34. The van der Waals surface area contributed by atoms with E-state index in [9.17, 15) is 10.1 Å². The quantitative estimate of drug-likeness (QED) is 0.446.